The molecule has 1 N–H and O–H groups in total. The first-order chi connectivity index (χ1) is 16.8. The summed E-state index contributed by atoms with van der Waals surface area (Å²) in [5, 5.41) is 10.7. The quantitative estimate of drug-likeness (QED) is 0.513. The Morgan fingerprint density at radius 3 is 2.46 bits per heavy atom. The maximum Gasteiger partial charge on any atom is 0.409 e. The predicted molar refractivity (Wildman–Crippen MR) is 127 cm³/mol. The first-order valence-electron chi connectivity index (χ1n) is 11.4. The number of ketones is 1. The fraction of sp³-hybridized carbons (Fsp3) is 0.346. The van der Waals surface area contributed by atoms with Crippen molar-refractivity contribution in [2.45, 2.75) is 20.4 Å². The number of rotatable bonds is 5. The van der Waals surface area contributed by atoms with Crippen LogP contribution in [0.1, 0.15) is 44.3 Å². The molecule has 0 saturated carbocycles. The molecule has 1 saturated heterocycles. The lowest BCUT2D eigenvalue weighted by Gasteiger charge is -2.34. The van der Waals surface area contributed by atoms with Crippen LogP contribution in [0.15, 0.2) is 36.1 Å². The lowest BCUT2D eigenvalue weighted by atomic mass is 9.99. The summed E-state index contributed by atoms with van der Waals surface area (Å²) >= 11 is 0. The average molecular weight is 481 g/mol. The standard InChI is InChI=1S/C26H28N2O7/c1-4-34-26(32)28-11-9-27(10-12-28)15-19-20(29)13-16(2)22-23(30)21(35-24(19)22)14-17-5-7-18(8-6-17)25(31)33-3/h5-8,13-14,29H,4,9-12,15H2,1-3H3/b21-14-. The fourth-order valence-electron chi connectivity index (χ4n) is 4.24. The van der Waals surface area contributed by atoms with Crippen LogP contribution in [0.3, 0.4) is 0 Å². The van der Waals surface area contributed by atoms with Gasteiger partial charge in [-0.1, -0.05) is 12.1 Å². The van der Waals surface area contributed by atoms with E-state index in [0.29, 0.717) is 72.9 Å². The molecule has 0 spiro atoms. The van der Waals surface area contributed by atoms with E-state index < -0.39 is 5.97 Å². The van der Waals surface area contributed by atoms with Gasteiger partial charge in [0.05, 0.1) is 30.4 Å². The molecule has 184 valence electrons. The summed E-state index contributed by atoms with van der Waals surface area (Å²) in [5.41, 5.74) is 2.69. The summed E-state index contributed by atoms with van der Waals surface area (Å²) < 4.78 is 15.8. The van der Waals surface area contributed by atoms with E-state index >= 15 is 0 Å². The highest BCUT2D eigenvalue weighted by Gasteiger charge is 2.34. The van der Waals surface area contributed by atoms with Gasteiger partial charge in [0.2, 0.25) is 5.78 Å². The number of benzene rings is 2. The van der Waals surface area contributed by atoms with Crippen molar-refractivity contribution in [3.63, 3.8) is 0 Å². The van der Waals surface area contributed by atoms with Gasteiger partial charge >= 0.3 is 12.1 Å². The van der Waals surface area contributed by atoms with Gasteiger partial charge in [0.1, 0.15) is 11.5 Å². The Kier molecular flexibility index (Phi) is 7.07. The Hall–Kier alpha value is -3.85. The summed E-state index contributed by atoms with van der Waals surface area (Å²) in [7, 11) is 1.32. The number of Topliss-reactive ketones (excluding diaryl/α,β-unsaturated/α-hetero) is 1. The summed E-state index contributed by atoms with van der Waals surface area (Å²) in [6.07, 6.45) is 1.29. The van der Waals surface area contributed by atoms with E-state index in [2.05, 4.69) is 4.90 Å². The third-order valence-electron chi connectivity index (χ3n) is 6.13. The molecule has 2 heterocycles. The zero-order valence-corrected chi connectivity index (χ0v) is 20.0. The van der Waals surface area contributed by atoms with Gasteiger partial charge in [-0.3, -0.25) is 9.69 Å². The second kappa shape index (κ2) is 10.2. The SMILES string of the molecule is CCOC(=O)N1CCN(Cc2c(O)cc(C)c3c2O/C(=C\c2ccc(C(=O)OC)cc2)C3=O)CC1. The maximum atomic E-state index is 13.2. The number of amides is 1. The zero-order valence-electron chi connectivity index (χ0n) is 20.0. The van der Waals surface area contributed by atoms with Crippen LogP contribution in [0.4, 0.5) is 4.79 Å². The second-order valence-corrected chi connectivity index (χ2v) is 8.41. The van der Waals surface area contributed by atoms with E-state index in [1.807, 2.05) is 0 Å². The molecule has 2 aliphatic rings. The van der Waals surface area contributed by atoms with Crippen molar-refractivity contribution >= 4 is 23.9 Å². The number of hydrogen-bond acceptors (Lipinski definition) is 8. The van der Waals surface area contributed by atoms with E-state index in [0.717, 1.165) is 0 Å². The number of allylic oxidation sites excluding steroid dienone is 1. The van der Waals surface area contributed by atoms with Crippen LogP contribution in [-0.2, 0) is 16.0 Å². The molecule has 0 unspecified atom stereocenters. The molecule has 0 aliphatic carbocycles. The van der Waals surface area contributed by atoms with Gasteiger partial charge in [0.25, 0.3) is 0 Å². The van der Waals surface area contributed by atoms with Crippen LogP contribution in [-0.4, -0.2) is 72.6 Å². The molecular weight excluding hydrogens is 452 g/mol. The van der Waals surface area contributed by atoms with E-state index in [9.17, 15) is 19.5 Å². The Morgan fingerprint density at radius 2 is 1.83 bits per heavy atom. The normalized spacial score (nSPS) is 16.7. The molecule has 35 heavy (non-hydrogen) atoms. The molecule has 2 aromatic rings. The van der Waals surface area contributed by atoms with Crippen molar-refractivity contribution in [3.8, 4) is 11.5 Å². The molecule has 0 radical (unpaired) electrons. The first-order valence-corrected chi connectivity index (χ1v) is 11.4. The summed E-state index contributed by atoms with van der Waals surface area (Å²) in [6, 6.07) is 8.21. The molecule has 9 nitrogen and oxygen atoms in total. The fourth-order valence-corrected chi connectivity index (χ4v) is 4.24. The predicted octanol–water partition coefficient (Wildman–Crippen LogP) is 3.38. The number of aromatic hydroxyl groups is 1. The Labute approximate surface area is 203 Å². The Bertz CT molecular complexity index is 1180. The van der Waals surface area contributed by atoms with Gasteiger partial charge in [-0.2, -0.15) is 0 Å². The van der Waals surface area contributed by atoms with Crippen LogP contribution < -0.4 is 4.74 Å². The Morgan fingerprint density at radius 1 is 1.14 bits per heavy atom. The van der Waals surface area contributed by atoms with Gasteiger partial charge in [0, 0.05) is 32.7 Å². The Balaban J connectivity index is 1.54. The molecule has 0 aromatic heterocycles. The number of phenols is 1. The molecule has 0 atom stereocenters. The van der Waals surface area contributed by atoms with E-state index in [1.54, 1.807) is 55.2 Å². The number of aryl methyl sites for hydroxylation is 1. The molecule has 9 heteroatoms. The van der Waals surface area contributed by atoms with E-state index in [-0.39, 0.29) is 23.4 Å². The summed E-state index contributed by atoms with van der Waals surface area (Å²) in [4.78, 5) is 40.5. The van der Waals surface area contributed by atoms with Crippen LogP contribution >= 0.6 is 0 Å². The summed E-state index contributed by atoms with van der Waals surface area (Å²) in [6.45, 7) is 6.47. The highest BCUT2D eigenvalue weighted by Crippen LogP contribution is 2.42. The molecule has 1 amide bonds. The number of carbonyl (C=O) groups excluding carboxylic acids is 3. The van der Waals surface area contributed by atoms with E-state index in [4.69, 9.17) is 14.2 Å². The number of piperazine rings is 1. The minimum atomic E-state index is -0.441. The van der Waals surface area contributed by atoms with Crippen molar-refractivity contribution in [2.24, 2.45) is 0 Å². The number of carbonyl (C=O) groups is 3. The number of esters is 1. The van der Waals surface area contributed by atoms with Crippen molar-refractivity contribution < 1.29 is 33.7 Å². The zero-order chi connectivity index (χ0) is 25.1. The average Bonchev–Trinajstić information content (AvgIpc) is 3.18. The first kappa shape index (κ1) is 24.3. The van der Waals surface area contributed by atoms with Gasteiger partial charge in [-0.25, -0.2) is 9.59 Å². The highest BCUT2D eigenvalue weighted by atomic mass is 16.6. The number of fused-ring (bicyclic) bond motifs is 1. The largest absolute Gasteiger partial charge is 0.507 e. The minimum Gasteiger partial charge on any atom is -0.507 e. The lowest BCUT2D eigenvalue weighted by Crippen LogP contribution is -2.48. The number of hydrogen-bond donors (Lipinski definition) is 1. The van der Waals surface area contributed by atoms with Crippen LogP contribution in [0.5, 0.6) is 11.5 Å². The second-order valence-electron chi connectivity index (χ2n) is 8.41. The van der Waals surface area contributed by atoms with Crippen LogP contribution in [0, 0.1) is 6.92 Å². The van der Waals surface area contributed by atoms with Gasteiger partial charge in [-0.05, 0) is 49.2 Å². The highest BCUT2D eigenvalue weighted by molar-refractivity contribution is 6.15. The van der Waals surface area contributed by atoms with Crippen molar-refractivity contribution in [1.29, 1.82) is 0 Å². The monoisotopic (exact) mass is 480 g/mol. The van der Waals surface area contributed by atoms with Crippen molar-refractivity contribution in [2.75, 3.05) is 39.9 Å². The number of phenolic OH excluding ortho intramolecular Hbond substituents is 1. The maximum absolute atomic E-state index is 13.2. The molecule has 2 aliphatic heterocycles. The van der Waals surface area contributed by atoms with Crippen LogP contribution in [0.2, 0.25) is 0 Å². The topological polar surface area (TPSA) is 106 Å². The van der Waals surface area contributed by atoms with Crippen molar-refractivity contribution in [3.05, 3.63) is 63.9 Å². The van der Waals surface area contributed by atoms with E-state index in [1.165, 1.54) is 7.11 Å². The number of methoxy groups -OCH3 is 1. The van der Waals surface area contributed by atoms with Gasteiger partial charge < -0.3 is 24.2 Å². The van der Waals surface area contributed by atoms with Crippen LogP contribution in [0.25, 0.3) is 6.08 Å². The number of nitrogens with zero attached hydrogens (tertiary/aromatic N) is 2. The minimum absolute atomic E-state index is 0.0607. The summed E-state index contributed by atoms with van der Waals surface area (Å²) in [5.74, 6) is -0.136. The molecular formula is C26H28N2O7. The molecule has 2 aromatic carbocycles. The van der Waals surface area contributed by atoms with Gasteiger partial charge in [-0.15, -0.1) is 0 Å². The molecule has 0 bridgehead atoms. The number of ether oxygens (including phenoxy) is 3. The molecule has 4 rings (SSSR count). The third-order valence-corrected chi connectivity index (χ3v) is 6.13. The smallest absolute Gasteiger partial charge is 0.409 e. The van der Waals surface area contributed by atoms with Crippen molar-refractivity contribution in [1.82, 2.24) is 9.80 Å². The van der Waals surface area contributed by atoms with Gasteiger partial charge in [0.15, 0.2) is 5.76 Å². The third kappa shape index (κ3) is 5.00. The molecule has 1 fully saturated rings. The lowest BCUT2D eigenvalue weighted by molar-refractivity contribution is 0.0600.